The molecule has 92 valence electrons. The zero-order chi connectivity index (χ0) is 12.8. The molecule has 3 N–H and O–H groups in total. The summed E-state index contributed by atoms with van der Waals surface area (Å²) in [6.07, 6.45) is 1.45. The van der Waals surface area contributed by atoms with E-state index in [9.17, 15) is 10.1 Å². The Hall–Kier alpha value is -2.18. The van der Waals surface area contributed by atoms with Crippen molar-refractivity contribution >= 4 is 17.5 Å². The number of pyridine rings is 1. The molecular weight excluding hydrogens is 222 g/mol. The van der Waals surface area contributed by atoms with Crippen molar-refractivity contribution in [1.29, 1.82) is 0 Å². The van der Waals surface area contributed by atoms with Crippen LogP contribution in [-0.2, 0) is 0 Å². The van der Waals surface area contributed by atoms with Crippen LogP contribution in [-0.4, -0.2) is 22.4 Å². The standard InChI is InChI=1S/C10H15N5O2/c1-7(2)6-13-10(11)14-9-8(15(16)17)4-3-5-12-9/h3-5,7H,6H2,1-2H3,(H3,11,12,13,14). The number of nitrogens with one attached hydrogen (secondary N) is 1. The monoisotopic (exact) mass is 237 g/mol. The van der Waals surface area contributed by atoms with Crippen molar-refractivity contribution in [2.75, 3.05) is 11.9 Å². The van der Waals surface area contributed by atoms with E-state index in [2.05, 4.69) is 15.3 Å². The molecule has 7 nitrogen and oxygen atoms in total. The van der Waals surface area contributed by atoms with Gasteiger partial charge in [-0.25, -0.2) is 4.98 Å². The Balaban J connectivity index is 2.81. The summed E-state index contributed by atoms with van der Waals surface area (Å²) in [4.78, 5) is 18.1. The summed E-state index contributed by atoms with van der Waals surface area (Å²) in [5.74, 6) is 0.595. The smallest absolute Gasteiger partial charge is 0.311 e. The first-order valence-corrected chi connectivity index (χ1v) is 5.17. The van der Waals surface area contributed by atoms with Gasteiger partial charge in [0.15, 0.2) is 5.96 Å². The van der Waals surface area contributed by atoms with Crippen molar-refractivity contribution in [3.8, 4) is 0 Å². The molecule has 7 heteroatoms. The number of nitrogens with two attached hydrogens (primary N) is 1. The lowest BCUT2D eigenvalue weighted by atomic mass is 10.2. The maximum Gasteiger partial charge on any atom is 0.311 e. The quantitative estimate of drug-likeness (QED) is 0.356. The maximum absolute atomic E-state index is 10.7. The van der Waals surface area contributed by atoms with Gasteiger partial charge in [0.1, 0.15) is 0 Å². The fraction of sp³-hybridized carbons (Fsp3) is 0.400. The lowest BCUT2D eigenvalue weighted by Crippen LogP contribution is -2.24. The van der Waals surface area contributed by atoms with Crippen molar-refractivity contribution in [2.45, 2.75) is 13.8 Å². The normalized spacial score (nSPS) is 11.6. The SMILES string of the molecule is CC(C)CN=C(N)Nc1ncccc1[N+](=O)[O-]. The molecule has 0 aliphatic rings. The zero-order valence-corrected chi connectivity index (χ0v) is 9.75. The second-order valence-corrected chi connectivity index (χ2v) is 3.87. The number of aliphatic imine (C=N–C) groups is 1. The van der Waals surface area contributed by atoms with Crippen LogP contribution in [0.25, 0.3) is 0 Å². The number of nitrogens with zero attached hydrogens (tertiary/aromatic N) is 3. The summed E-state index contributed by atoms with van der Waals surface area (Å²) >= 11 is 0. The minimum absolute atomic E-state index is 0.0995. The molecule has 0 saturated carbocycles. The summed E-state index contributed by atoms with van der Waals surface area (Å²) in [5.41, 5.74) is 5.47. The lowest BCUT2D eigenvalue weighted by molar-refractivity contribution is -0.384. The predicted molar refractivity (Wildman–Crippen MR) is 65.8 cm³/mol. The molecule has 0 unspecified atom stereocenters. The fourth-order valence-corrected chi connectivity index (χ4v) is 1.08. The Morgan fingerprint density at radius 1 is 1.71 bits per heavy atom. The number of nitro groups is 1. The van der Waals surface area contributed by atoms with Crippen LogP contribution in [0.1, 0.15) is 13.8 Å². The molecular formula is C10H15N5O2. The number of anilines is 1. The Morgan fingerprint density at radius 3 is 3.00 bits per heavy atom. The highest BCUT2D eigenvalue weighted by molar-refractivity contribution is 5.93. The minimum Gasteiger partial charge on any atom is -0.370 e. The Morgan fingerprint density at radius 2 is 2.41 bits per heavy atom. The van der Waals surface area contributed by atoms with Crippen LogP contribution in [0, 0.1) is 16.0 Å². The Bertz CT molecular complexity index is 430. The molecule has 0 atom stereocenters. The van der Waals surface area contributed by atoms with Crippen LogP contribution in [0.3, 0.4) is 0 Å². The van der Waals surface area contributed by atoms with Gasteiger partial charge in [-0.1, -0.05) is 13.8 Å². The third-order valence-corrected chi connectivity index (χ3v) is 1.86. The summed E-state index contributed by atoms with van der Waals surface area (Å²) in [7, 11) is 0. The highest BCUT2D eigenvalue weighted by Gasteiger charge is 2.14. The van der Waals surface area contributed by atoms with Crippen LogP contribution < -0.4 is 11.1 Å². The molecule has 0 aromatic carbocycles. The highest BCUT2D eigenvalue weighted by atomic mass is 16.6. The first-order valence-electron chi connectivity index (χ1n) is 5.17. The van der Waals surface area contributed by atoms with Crippen LogP contribution >= 0.6 is 0 Å². The Labute approximate surface area is 98.9 Å². The van der Waals surface area contributed by atoms with Crippen molar-refractivity contribution in [1.82, 2.24) is 4.98 Å². The van der Waals surface area contributed by atoms with Gasteiger partial charge in [-0.2, -0.15) is 0 Å². The van der Waals surface area contributed by atoms with Gasteiger partial charge in [0.25, 0.3) is 0 Å². The first kappa shape index (κ1) is 12.9. The first-order chi connectivity index (χ1) is 8.00. The van der Waals surface area contributed by atoms with Crippen LogP contribution in [0.5, 0.6) is 0 Å². The Kier molecular flexibility index (Phi) is 4.38. The summed E-state index contributed by atoms with van der Waals surface area (Å²) in [6, 6.07) is 2.84. The van der Waals surface area contributed by atoms with E-state index in [0.29, 0.717) is 12.5 Å². The van der Waals surface area contributed by atoms with Gasteiger partial charge < -0.3 is 11.1 Å². The average molecular weight is 237 g/mol. The molecule has 0 fully saturated rings. The van der Waals surface area contributed by atoms with E-state index in [-0.39, 0.29) is 17.5 Å². The molecule has 1 aromatic heterocycles. The van der Waals surface area contributed by atoms with Crippen molar-refractivity contribution in [3.63, 3.8) is 0 Å². The second-order valence-electron chi connectivity index (χ2n) is 3.87. The topological polar surface area (TPSA) is 106 Å². The maximum atomic E-state index is 10.7. The lowest BCUT2D eigenvalue weighted by Gasteiger charge is -2.05. The van der Waals surface area contributed by atoms with Crippen molar-refractivity contribution in [3.05, 3.63) is 28.4 Å². The predicted octanol–water partition coefficient (Wildman–Crippen LogP) is 1.37. The van der Waals surface area contributed by atoms with E-state index >= 15 is 0 Å². The molecule has 0 bridgehead atoms. The molecule has 0 saturated heterocycles. The van der Waals surface area contributed by atoms with Gasteiger partial charge >= 0.3 is 5.69 Å². The van der Waals surface area contributed by atoms with Crippen molar-refractivity contribution in [2.24, 2.45) is 16.6 Å². The van der Waals surface area contributed by atoms with Gasteiger partial charge in [-0.05, 0) is 12.0 Å². The molecule has 0 amide bonds. The molecule has 0 aliphatic carbocycles. The number of rotatable bonds is 4. The number of hydrogen-bond acceptors (Lipinski definition) is 4. The summed E-state index contributed by atoms with van der Waals surface area (Å²) in [6.45, 7) is 4.56. The third-order valence-electron chi connectivity index (χ3n) is 1.86. The summed E-state index contributed by atoms with van der Waals surface area (Å²) < 4.78 is 0. The minimum atomic E-state index is -0.523. The molecule has 1 rings (SSSR count). The van der Waals surface area contributed by atoms with E-state index in [1.807, 2.05) is 13.8 Å². The molecule has 1 aromatic rings. The number of hydrogen-bond donors (Lipinski definition) is 2. The van der Waals surface area contributed by atoms with Gasteiger partial charge in [-0.3, -0.25) is 15.1 Å². The second kappa shape index (κ2) is 5.78. The largest absolute Gasteiger partial charge is 0.370 e. The van der Waals surface area contributed by atoms with E-state index in [4.69, 9.17) is 5.73 Å². The van der Waals surface area contributed by atoms with Crippen LogP contribution in [0.2, 0.25) is 0 Å². The zero-order valence-electron chi connectivity index (χ0n) is 9.75. The summed E-state index contributed by atoms with van der Waals surface area (Å²) in [5, 5.41) is 13.3. The fourth-order valence-electron chi connectivity index (χ4n) is 1.08. The van der Waals surface area contributed by atoms with Crippen molar-refractivity contribution < 1.29 is 4.92 Å². The molecule has 0 spiro atoms. The van der Waals surface area contributed by atoms with Gasteiger partial charge in [-0.15, -0.1) is 0 Å². The van der Waals surface area contributed by atoms with Crippen LogP contribution in [0.4, 0.5) is 11.5 Å². The van der Waals surface area contributed by atoms with Crippen LogP contribution in [0.15, 0.2) is 23.3 Å². The number of guanidine groups is 1. The highest BCUT2D eigenvalue weighted by Crippen LogP contribution is 2.19. The molecule has 0 aliphatic heterocycles. The van der Waals surface area contributed by atoms with Gasteiger partial charge in [0.2, 0.25) is 5.82 Å². The molecule has 0 radical (unpaired) electrons. The van der Waals surface area contributed by atoms with Gasteiger partial charge in [0.05, 0.1) is 4.92 Å². The molecule has 1 heterocycles. The van der Waals surface area contributed by atoms with E-state index < -0.39 is 4.92 Å². The average Bonchev–Trinajstić information content (AvgIpc) is 2.27. The third kappa shape index (κ3) is 4.06. The molecule has 17 heavy (non-hydrogen) atoms. The number of aromatic nitrogens is 1. The van der Waals surface area contributed by atoms with E-state index in [0.717, 1.165) is 0 Å². The van der Waals surface area contributed by atoms with E-state index in [1.165, 1.54) is 18.3 Å². The van der Waals surface area contributed by atoms with E-state index in [1.54, 1.807) is 0 Å². The van der Waals surface area contributed by atoms with Gasteiger partial charge in [0, 0.05) is 18.8 Å².